The minimum absolute atomic E-state index is 0.0313. The van der Waals surface area contributed by atoms with Crippen molar-refractivity contribution in [3.63, 3.8) is 0 Å². The molecule has 2 nitrogen and oxygen atoms in total. The lowest BCUT2D eigenvalue weighted by Crippen LogP contribution is -2.24. The van der Waals surface area contributed by atoms with Gasteiger partial charge in [0.1, 0.15) is 11.2 Å². The van der Waals surface area contributed by atoms with Gasteiger partial charge < -0.3 is 5.32 Å². The quantitative estimate of drug-likeness (QED) is 0.465. The summed E-state index contributed by atoms with van der Waals surface area (Å²) < 4.78 is 44.4. The molecule has 0 aliphatic heterocycles. The van der Waals surface area contributed by atoms with Crippen LogP contribution in [0.15, 0.2) is 24.3 Å². The molecule has 25 heavy (non-hydrogen) atoms. The van der Waals surface area contributed by atoms with Crippen molar-refractivity contribution < 1.29 is 13.2 Å². The highest BCUT2D eigenvalue weighted by Crippen LogP contribution is 2.36. The minimum Gasteiger partial charge on any atom is -0.377 e. The van der Waals surface area contributed by atoms with Gasteiger partial charge in [-0.15, -0.1) is 0 Å². The highest BCUT2D eigenvalue weighted by atomic mass is 19.2. The zero-order valence-electron chi connectivity index (χ0n) is 14.0. The predicted molar refractivity (Wildman–Crippen MR) is 94.4 cm³/mol. The van der Waals surface area contributed by atoms with Crippen LogP contribution in [0.25, 0.3) is 21.8 Å². The fourth-order valence-corrected chi connectivity index (χ4v) is 3.82. The maximum atomic E-state index is 15.0. The largest absolute Gasteiger partial charge is 0.377 e. The van der Waals surface area contributed by atoms with Crippen LogP contribution >= 0.6 is 0 Å². The van der Waals surface area contributed by atoms with Crippen LogP contribution in [0.5, 0.6) is 0 Å². The number of hydrogen-bond acceptors (Lipinski definition) is 2. The Bertz CT molecular complexity index is 962. The molecule has 1 fully saturated rings. The maximum Gasteiger partial charge on any atom is 0.185 e. The average molecular weight is 344 g/mol. The average Bonchev–Trinajstić information content (AvgIpc) is 2.64. The number of rotatable bonds is 2. The van der Waals surface area contributed by atoms with Crippen molar-refractivity contribution in [3.05, 3.63) is 47.3 Å². The number of para-hydroxylation sites is 1. The number of benzene rings is 2. The molecule has 1 aliphatic rings. The number of nitrogens with zero attached hydrogens (tertiary/aromatic N) is 1. The topological polar surface area (TPSA) is 24.9 Å². The van der Waals surface area contributed by atoms with Crippen LogP contribution < -0.4 is 5.32 Å². The number of hydrogen-bond donors (Lipinski definition) is 1. The van der Waals surface area contributed by atoms with Crippen LogP contribution in [0, 0.1) is 24.4 Å². The third kappa shape index (κ3) is 2.62. The predicted octanol–water partition coefficient (Wildman–Crippen LogP) is 5.86. The van der Waals surface area contributed by atoms with E-state index in [0.717, 1.165) is 32.1 Å². The van der Waals surface area contributed by atoms with Gasteiger partial charge in [0.25, 0.3) is 0 Å². The molecular formula is C20H19F3N2. The molecule has 0 amide bonds. The Labute approximate surface area is 144 Å². The van der Waals surface area contributed by atoms with Gasteiger partial charge in [0.05, 0.1) is 5.52 Å². The summed E-state index contributed by atoms with van der Waals surface area (Å²) in [6, 6.07) is 7.08. The van der Waals surface area contributed by atoms with Gasteiger partial charge in [-0.25, -0.2) is 18.2 Å². The van der Waals surface area contributed by atoms with E-state index in [0.29, 0.717) is 16.5 Å². The van der Waals surface area contributed by atoms with Gasteiger partial charge in [0, 0.05) is 16.8 Å². The first-order chi connectivity index (χ1) is 12.1. The summed E-state index contributed by atoms with van der Waals surface area (Å²) in [4.78, 5) is 4.27. The molecule has 1 aliphatic carbocycles. The van der Waals surface area contributed by atoms with Crippen molar-refractivity contribution in [1.82, 2.24) is 4.98 Å². The van der Waals surface area contributed by atoms with Crippen LogP contribution in [0.4, 0.5) is 18.9 Å². The van der Waals surface area contributed by atoms with Gasteiger partial charge in [-0.1, -0.05) is 37.5 Å². The first-order valence-electron chi connectivity index (χ1n) is 8.70. The zero-order chi connectivity index (χ0) is 17.6. The summed E-state index contributed by atoms with van der Waals surface area (Å²) >= 11 is 0. The Kier molecular flexibility index (Phi) is 4.02. The molecule has 1 aromatic heterocycles. The highest BCUT2D eigenvalue weighted by molar-refractivity contribution is 5.99. The maximum absolute atomic E-state index is 15.0. The lowest BCUT2D eigenvalue weighted by atomic mass is 9.95. The molecule has 0 unspecified atom stereocenters. The molecule has 0 atom stereocenters. The summed E-state index contributed by atoms with van der Waals surface area (Å²) in [5.74, 6) is -3.01. The Balaban J connectivity index is 1.94. The number of halogens is 3. The Hall–Kier alpha value is -2.30. The molecular weight excluding hydrogens is 325 g/mol. The van der Waals surface area contributed by atoms with Crippen LogP contribution in [0.3, 0.4) is 0 Å². The summed E-state index contributed by atoms with van der Waals surface area (Å²) in [5, 5.41) is 3.50. The van der Waals surface area contributed by atoms with E-state index in [1.165, 1.54) is 0 Å². The van der Waals surface area contributed by atoms with Crippen molar-refractivity contribution in [1.29, 1.82) is 0 Å². The van der Waals surface area contributed by atoms with Crippen molar-refractivity contribution in [2.24, 2.45) is 0 Å². The van der Waals surface area contributed by atoms with E-state index in [9.17, 15) is 8.78 Å². The molecule has 1 heterocycles. The summed E-state index contributed by atoms with van der Waals surface area (Å²) in [7, 11) is 0. The molecule has 1 saturated carbocycles. The van der Waals surface area contributed by atoms with E-state index in [2.05, 4.69) is 10.3 Å². The van der Waals surface area contributed by atoms with E-state index < -0.39 is 17.5 Å². The van der Waals surface area contributed by atoms with Gasteiger partial charge in [0.2, 0.25) is 0 Å². The van der Waals surface area contributed by atoms with Gasteiger partial charge in [-0.3, -0.25) is 0 Å². The van der Waals surface area contributed by atoms with E-state index >= 15 is 4.39 Å². The van der Waals surface area contributed by atoms with Crippen molar-refractivity contribution in [2.45, 2.75) is 45.1 Å². The monoisotopic (exact) mass is 344 g/mol. The second-order valence-corrected chi connectivity index (χ2v) is 6.77. The Morgan fingerprint density at radius 3 is 2.44 bits per heavy atom. The lowest BCUT2D eigenvalue weighted by Gasteiger charge is -2.25. The SMILES string of the molecule is Cc1c2ccccc2nc2c(F)c(NC3CCCCC3)c(F)c(F)c12. The summed E-state index contributed by atoms with van der Waals surface area (Å²) in [6.07, 6.45) is 4.82. The normalized spacial score (nSPS) is 15.8. The molecule has 4 rings (SSSR count). The molecule has 0 saturated heterocycles. The highest BCUT2D eigenvalue weighted by Gasteiger charge is 2.25. The molecule has 0 spiro atoms. The summed E-state index contributed by atoms with van der Waals surface area (Å²) in [6.45, 7) is 1.67. The number of aryl methyl sites for hydroxylation is 1. The van der Waals surface area contributed by atoms with E-state index in [4.69, 9.17) is 0 Å². The van der Waals surface area contributed by atoms with E-state index in [-0.39, 0.29) is 22.6 Å². The van der Waals surface area contributed by atoms with E-state index in [1.807, 2.05) is 0 Å². The number of anilines is 1. The standard InChI is InChI=1S/C20H19F3N2/c1-11-13-9-5-6-10-14(13)25-19-15(11)16(21)17(22)20(18(19)23)24-12-7-3-2-4-8-12/h5-6,9-10,12,24H,2-4,7-8H2,1H3. The van der Waals surface area contributed by atoms with Crippen molar-refractivity contribution in [2.75, 3.05) is 5.32 Å². The van der Waals surface area contributed by atoms with Crippen molar-refractivity contribution in [3.8, 4) is 0 Å². The molecule has 0 radical (unpaired) electrons. The molecule has 3 aromatic rings. The molecule has 2 aromatic carbocycles. The third-order valence-electron chi connectivity index (χ3n) is 5.16. The Morgan fingerprint density at radius 2 is 1.68 bits per heavy atom. The van der Waals surface area contributed by atoms with Gasteiger partial charge in [0.15, 0.2) is 17.5 Å². The fraction of sp³-hybridized carbons (Fsp3) is 0.350. The minimum atomic E-state index is -1.16. The van der Waals surface area contributed by atoms with E-state index in [1.54, 1.807) is 31.2 Å². The lowest BCUT2D eigenvalue weighted by molar-refractivity contribution is 0.454. The molecule has 1 N–H and O–H groups in total. The number of pyridine rings is 1. The molecule has 0 bridgehead atoms. The van der Waals surface area contributed by atoms with Crippen LogP contribution in [-0.2, 0) is 0 Å². The fourth-order valence-electron chi connectivity index (χ4n) is 3.82. The first kappa shape index (κ1) is 16.2. The second-order valence-electron chi connectivity index (χ2n) is 6.77. The van der Waals surface area contributed by atoms with Gasteiger partial charge in [-0.05, 0) is 31.4 Å². The molecule has 130 valence electrons. The van der Waals surface area contributed by atoms with Crippen LogP contribution in [0.2, 0.25) is 0 Å². The third-order valence-corrected chi connectivity index (χ3v) is 5.16. The number of aromatic nitrogens is 1. The Morgan fingerprint density at radius 1 is 0.960 bits per heavy atom. The number of fused-ring (bicyclic) bond motifs is 2. The van der Waals surface area contributed by atoms with Gasteiger partial charge in [-0.2, -0.15) is 0 Å². The van der Waals surface area contributed by atoms with Crippen molar-refractivity contribution >= 4 is 27.5 Å². The van der Waals surface area contributed by atoms with Crippen LogP contribution in [0.1, 0.15) is 37.7 Å². The van der Waals surface area contributed by atoms with Gasteiger partial charge >= 0.3 is 0 Å². The van der Waals surface area contributed by atoms with Crippen LogP contribution in [-0.4, -0.2) is 11.0 Å². The zero-order valence-corrected chi connectivity index (χ0v) is 14.0. The smallest absolute Gasteiger partial charge is 0.185 e. The second kappa shape index (κ2) is 6.21. The molecule has 5 heteroatoms. The summed E-state index contributed by atoms with van der Waals surface area (Å²) in [5.41, 5.74) is 0.564. The first-order valence-corrected chi connectivity index (χ1v) is 8.70. The number of nitrogens with one attached hydrogen (secondary N) is 1.